The number of aryl methyl sites for hydroxylation is 2. The van der Waals surface area contributed by atoms with Crippen LogP contribution in [0.25, 0.3) is 5.57 Å². The predicted molar refractivity (Wildman–Crippen MR) is 144 cm³/mol. The number of aliphatic hydroxyl groups excluding tert-OH is 1. The average Bonchev–Trinajstić information content (AvgIpc) is 3.19. The molecule has 3 N–H and O–H groups in total. The average molecular weight is 566 g/mol. The monoisotopic (exact) mass is 565 g/mol. The van der Waals surface area contributed by atoms with Crippen LogP contribution in [-0.2, 0) is 15.8 Å². The molecular formula is C30H23F4N3O4. The number of hydrogen-bond acceptors (Lipinski definition) is 5. The minimum atomic E-state index is -4.91. The van der Waals surface area contributed by atoms with E-state index >= 15 is 4.39 Å². The van der Waals surface area contributed by atoms with Crippen LogP contribution in [0.3, 0.4) is 0 Å². The van der Waals surface area contributed by atoms with E-state index in [1.807, 2.05) is 0 Å². The molecule has 1 aliphatic carbocycles. The third-order valence-electron chi connectivity index (χ3n) is 6.92. The molecule has 1 amide bonds. The lowest BCUT2D eigenvalue weighted by molar-refractivity contribution is -0.145. The lowest BCUT2D eigenvalue weighted by Gasteiger charge is -2.34. The Labute approximate surface area is 231 Å². The summed E-state index contributed by atoms with van der Waals surface area (Å²) in [6.45, 7) is 3.46. The van der Waals surface area contributed by atoms with Gasteiger partial charge >= 0.3 is 12.1 Å². The maximum absolute atomic E-state index is 15.4. The van der Waals surface area contributed by atoms with Gasteiger partial charge in [0.05, 0.1) is 16.8 Å². The molecule has 0 aromatic heterocycles. The van der Waals surface area contributed by atoms with Gasteiger partial charge in [-0.2, -0.15) is 18.3 Å². The van der Waals surface area contributed by atoms with Gasteiger partial charge in [0.1, 0.15) is 11.9 Å². The molecule has 0 bridgehead atoms. The summed E-state index contributed by atoms with van der Waals surface area (Å²) in [5.74, 6) is -3.91. The number of allylic oxidation sites excluding steroid dienone is 2. The van der Waals surface area contributed by atoms with Gasteiger partial charge in [0.15, 0.2) is 11.3 Å². The van der Waals surface area contributed by atoms with Crippen molar-refractivity contribution in [3.8, 4) is 0 Å². The number of alkyl halides is 3. The lowest BCUT2D eigenvalue weighted by Crippen LogP contribution is -2.58. The highest BCUT2D eigenvalue weighted by atomic mass is 19.4. The summed E-state index contributed by atoms with van der Waals surface area (Å²) in [6, 6.07) is 14.3. The zero-order valence-electron chi connectivity index (χ0n) is 21.7. The molecule has 1 heterocycles. The lowest BCUT2D eigenvalue weighted by atomic mass is 9.81. The largest absolute Gasteiger partial charge is 0.479 e. The Morgan fingerprint density at radius 1 is 1.05 bits per heavy atom. The molecule has 0 radical (unpaired) electrons. The number of benzene rings is 3. The maximum atomic E-state index is 15.4. The van der Waals surface area contributed by atoms with Crippen LogP contribution in [0, 0.1) is 19.7 Å². The third-order valence-corrected chi connectivity index (χ3v) is 6.92. The van der Waals surface area contributed by atoms with E-state index < -0.39 is 58.0 Å². The standard InChI is InChI=1S/C30H23F4N3O4/c1-16-11-17(2)13-20(12-16)37-23-15-19(30(32,33)34)14-22(31)24(23)25(27(37)39)35-36-29(28(40)41)10-6-9-21(26(29)38)18-7-4-3-5-8-18/h3-15,26,36,38H,1-2H3,(H,40,41)/b35-25-. The molecule has 5 rings (SSSR count). The number of aliphatic carboxylic acids is 1. The molecule has 2 atom stereocenters. The third kappa shape index (κ3) is 4.78. The fourth-order valence-corrected chi connectivity index (χ4v) is 5.03. The van der Waals surface area contributed by atoms with Crippen LogP contribution in [0.4, 0.5) is 28.9 Å². The normalized spacial score (nSPS) is 21.2. The molecule has 11 heteroatoms. The molecule has 7 nitrogen and oxygen atoms in total. The van der Waals surface area contributed by atoms with Gasteiger partial charge < -0.3 is 10.2 Å². The SMILES string of the molecule is Cc1cc(C)cc(N2C(=O)/C(=N\NC3(C(=O)O)C=CC=C(c4ccccc4)C3O)c3c(F)cc(C(F)(F)F)cc32)c1. The summed E-state index contributed by atoms with van der Waals surface area (Å²) in [7, 11) is 0. The van der Waals surface area contributed by atoms with Crippen molar-refractivity contribution in [3.05, 3.63) is 113 Å². The highest BCUT2D eigenvalue weighted by molar-refractivity contribution is 6.55. The van der Waals surface area contributed by atoms with Crippen molar-refractivity contribution in [2.24, 2.45) is 5.10 Å². The number of aliphatic hydroxyl groups is 1. The second-order valence-electron chi connectivity index (χ2n) is 9.83. The van der Waals surface area contributed by atoms with Gasteiger partial charge in [0, 0.05) is 5.69 Å². The smallest absolute Gasteiger partial charge is 0.416 e. The molecular weight excluding hydrogens is 542 g/mol. The number of nitrogens with zero attached hydrogens (tertiary/aromatic N) is 2. The number of carbonyl (C=O) groups excluding carboxylic acids is 1. The van der Waals surface area contributed by atoms with E-state index in [4.69, 9.17) is 0 Å². The molecule has 2 aliphatic rings. The highest BCUT2D eigenvalue weighted by Gasteiger charge is 2.48. The number of carbonyl (C=O) groups is 2. The molecule has 0 fully saturated rings. The van der Waals surface area contributed by atoms with Crippen molar-refractivity contribution in [3.63, 3.8) is 0 Å². The molecule has 3 aromatic carbocycles. The molecule has 0 saturated carbocycles. The number of carboxylic acids is 1. The van der Waals surface area contributed by atoms with E-state index in [1.54, 1.807) is 62.4 Å². The van der Waals surface area contributed by atoms with Gasteiger partial charge in [-0.05, 0) is 66.5 Å². The summed E-state index contributed by atoms with van der Waals surface area (Å²) in [5.41, 5.74) is -0.510. The van der Waals surface area contributed by atoms with Crippen molar-refractivity contribution < 1.29 is 37.4 Å². The second kappa shape index (κ2) is 10.0. The van der Waals surface area contributed by atoms with E-state index in [9.17, 15) is 33.0 Å². The summed E-state index contributed by atoms with van der Waals surface area (Å²) in [4.78, 5) is 27.1. The first-order chi connectivity index (χ1) is 19.3. The Kier molecular flexibility index (Phi) is 6.78. The number of halogens is 4. The van der Waals surface area contributed by atoms with Crippen molar-refractivity contribution in [2.75, 3.05) is 4.90 Å². The zero-order valence-corrected chi connectivity index (χ0v) is 21.7. The van der Waals surface area contributed by atoms with E-state index in [-0.39, 0.29) is 17.3 Å². The number of hydrazone groups is 1. The topological polar surface area (TPSA) is 102 Å². The molecule has 210 valence electrons. The number of nitrogens with one attached hydrogen (secondary N) is 1. The summed E-state index contributed by atoms with van der Waals surface area (Å²) < 4.78 is 56.2. The number of fused-ring (bicyclic) bond motifs is 1. The highest BCUT2D eigenvalue weighted by Crippen LogP contribution is 2.42. The second-order valence-corrected chi connectivity index (χ2v) is 9.83. The van der Waals surface area contributed by atoms with E-state index in [2.05, 4.69) is 10.5 Å². The Morgan fingerprint density at radius 2 is 1.71 bits per heavy atom. The van der Waals surface area contributed by atoms with Crippen LogP contribution in [0.1, 0.15) is 27.8 Å². The van der Waals surface area contributed by atoms with Crippen LogP contribution in [-0.4, -0.2) is 39.4 Å². The minimum absolute atomic E-state index is 0.178. The molecule has 2 unspecified atom stereocenters. The predicted octanol–water partition coefficient (Wildman–Crippen LogP) is 5.27. The molecule has 1 aliphatic heterocycles. The van der Waals surface area contributed by atoms with Gasteiger partial charge in [-0.1, -0.05) is 48.6 Å². The maximum Gasteiger partial charge on any atom is 0.416 e. The van der Waals surface area contributed by atoms with Crippen LogP contribution in [0.15, 0.2) is 84.0 Å². The Morgan fingerprint density at radius 3 is 2.32 bits per heavy atom. The van der Waals surface area contributed by atoms with E-state index in [0.717, 1.165) is 11.0 Å². The van der Waals surface area contributed by atoms with Crippen LogP contribution < -0.4 is 10.3 Å². The van der Waals surface area contributed by atoms with Crippen molar-refractivity contribution in [1.82, 2.24) is 5.43 Å². The number of carboxylic acid groups (broad SMARTS) is 1. The van der Waals surface area contributed by atoms with Gasteiger partial charge in [0.2, 0.25) is 0 Å². The van der Waals surface area contributed by atoms with Gasteiger partial charge in [-0.15, -0.1) is 0 Å². The molecule has 0 saturated heterocycles. The number of anilines is 2. The fraction of sp³-hybridized carbons (Fsp3) is 0.167. The van der Waals surface area contributed by atoms with Crippen LogP contribution in [0.5, 0.6) is 0 Å². The first-order valence-corrected chi connectivity index (χ1v) is 12.4. The number of hydrogen-bond donors (Lipinski definition) is 3. The Bertz CT molecular complexity index is 1640. The summed E-state index contributed by atoms with van der Waals surface area (Å²) in [6.07, 6.45) is -2.58. The van der Waals surface area contributed by atoms with Gasteiger partial charge in [-0.3, -0.25) is 15.1 Å². The Hall–Kier alpha value is -4.77. The number of rotatable bonds is 5. The first kappa shape index (κ1) is 27.8. The van der Waals surface area contributed by atoms with Crippen molar-refractivity contribution in [2.45, 2.75) is 31.7 Å². The quantitative estimate of drug-likeness (QED) is 0.289. The molecule has 41 heavy (non-hydrogen) atoms. The van der Waals surface area contributed by atoms with Gasteiger partial charge in [-0.25, -0.2) is 9.18 Å². The molecule has 0 spiro atoms. The first-order valence-electron chi connectivity index (χ1n) is 12.4. The van der Waals surface area contributed by atoms with E-state index in [0.29, 0.717) is 22.8 Å². The van der Waals surface area contributed by atoms with Crippen LogP contribution >= 0.6 is 0 Å². The van der Waals surface area contributed by atoms with Crippen molar-refractivity contribution in [1.29, 1.82) is 0 Å². The molecule has 3 aromatic rings. The zero-order chi connectivity index (χ0) is 29.7. The Balaban J connectivity index is 1.64. The van der Waals surface area contributed by atoms with Crippen molar-refractivity contribution >= 4 is 34.5 Å². The fourth-order valence-electron chi connectivity index (χ4n) is 5.03. The van der Waals surface area contributed by atoms with E-state index in [1.165, 1.54) is 12.2 Å². The van der Waals surface area contributed by atoms with Gasteiger partial charge in [0.25, 0.3) is 5.91 Å². The summed E-state index contributed by atoms with van der Waals surface area (Å²) in [5, 5.41) is 25.3. The van der Waals surface area contributed by atoms with Crippen LogP contribution in [0.2, 0.25) is 0 Å². The number of amides is 1. The summed E-state index contributed by atoms with van der Waals surface area (Å²) >= 11 is 0. The minimum Gasteiger partial charge on any atom is -0.479 e.